The molecule has 6 nitrogen and oxygen atoms in total. The third kappa shape index (κ3) is 5.56. The highest BCUT2D eigenvalue weighted by molar-refractivity contribution is 5.89. The summed E-state index contributed by atoms with van der Waals surface area (Å²) in [5.41, 5.74) is -0.276. The van der Waals surface area contributed by atoms with Gasteiger partial charge in [0.15, 0.2) is 11.5 Å². The second-order valence-corrected chi connectivity index (χ2v) is 5.36. The van der Waals surface area contributed by atoms with Crippen LogP contribution in [0.1, 0.15) is 27.7 Å². The van der Waals surface area contributed by atoms with E-state index in [4.69, 9.17) is 14.6 Å². The Labute approximate surface area is 122 Å². The summed E-state index contributed by atoms with van der Waals surface area (Å²) >= 11 is 0. The average Bonchev–Trinajstić information content (AvgIpc) is 2.29. The largest absolute Gasteiger partial charge is 0.511 e. The Morgan fingerprint density at radius 2 is 1.76 bits per heavy atom. The zero-order valence-corrected chi connectivity index (χ0v) is 12.4. The maximum Gasteiger partial charge on any atom is 0.511 e. The van der Waals surface area contributed by atoms with Crippen LogP contribution in [0.15, 0.2) is 30.4 Å². The number of carbonyl (C=O) groups excluding carboxylic acids is 1. The molecule has 0 heterocycles. The fourth-order valence-corrected chi connectivity index (χ4v) is 1.35. The van der Waals surface area contributed by atoms with E-state index in [0.29, 0.717) is 5.75 Å². The predicted molar refractivity (Wildman–Crippen MR) is 75.9 cm³/mol. The lowest BCUT2D eigenvalue weighted by atomic mass is 10.2. The van der Waals surface area contributed by atoms with Gasteiger partial charge in [0.1, 0.15) is 11.4 Å². The summed E-state index contributed by atoms with van der Waals surface area (Å²) in [7, 11) is 0. The molecular formula is C15H18O6. The van der Waals surface area contributed by atoms with Crippen LogP contribution in [0.3, 0.4) is 0 Å². The lowest BCUT2D eigenvalue weighted by Crippen LogP contribution is -2.23. The number of carbonyl (C=O) groups is 2. The fourth-order valence-electron chi connectivity index (χ4n) is 1.35. The van der Waals surface area contributed by atoms with E-state index in [1.54, 1.807) is 6.07 Å². The highest BCUT2D eigenvalue weighted by Crippen LogP contribution is 2.33. The number of esters is 1. The quantitative estimate of drug-likeness (QED) is 0.396. The molecule has 1 rings (SSSR count). The summed E-state index contributed by atoms with van der Waals surface area (Å²) in [4.78, 5) is 22.2. The molecule has 0 bridgehead atoms. The molecule has 0 atom stereocenters. The maximum atomic E-state index is 11.5. The summed E-state index contributed by atoms with van der Waals surface area (Å²) in [5.74, 6) is -0.422. The zero-order chi connectivity index (χ0) is 16.2. The fraction of sp³-hybridized carbons (Fsp3) is 0.333. The first-order valence-electron chi connectivity index (χ1n) is 6.20. The van der Waals surface area contributed by atoms with Crippen LogP contribution in [0, 0.1) is 0 Å². The van der Waals surface area contributed by atoms with E-state index in [9.17, 15) is 9.59 Å². The minimum atomic E-state index is -1.52. The summed E-state index contributed by atoms with van der Waals surface area (Å²) in [6.45, 7) is 10.5. The smallest absolute Gasteiger partial charge is 0.488 e. The molecule has 0 aliphatic heterocycles. The number of carboxylic acid groups (broad SMARTS) is 1. The normalized spacial score (nSPS) is 10.7. The predicted octanol–water partition coefficient (Wildman–Crippen LogP) is 3.40. The Balaban J connectivity index is 3.10. The second kappa shape index (κ2) is 6.30. The molecule has 114 valence electrons. The van der Waals surface area contributed by atoms with Crippen LogP contribution < -0.4 is 14.2 Å². The van der Waals surface area contributed by atoms with Crippen molar-refractivity contribution in [1.82, 2.24) is 0 Å². The van der Waals surface area contributed by atoms with Gasteiger partial charge in [0.25, 0.3) is 0 Å². The molecule has 0 aliphatic carbocycles. The third-order valence-electron chi connectivity index (χ3n) is 2.09. The summed E-state index contributed by atoms with van der Waals surface area (Å²) < 4.78 is 15.2. The molecule has 1 aromatic rings. The number of benzene rings is 1. The Hall–Kier alpha value is -2.50. The lowest BCUT2D eigenvalue weighted by Gasteiger charge is -2.21. The molecule has 1 aromatic carbocycles. The van der Waals surface area contributed by atoms with Crippen LogP contribution in [0.25, 0.3) is 0 Å². The summed E-state index contributed by atoms with van der Waals surface area (Å²) in [5, 5.41) is 8.74. The van der Waals surface area contributed by atoms with Crippen molar-refractivity contribution in [1.29, 1.82) is 0 Å². The summed E-state index contributed by atoms with van der Waals surface area (Å²) in [6, 6.07) is 4.31. The zero-order valence-electron chi connectivity index (χ0n) is 12.4. The van der Waals surface area contributed by atoms with Gasteiger partial charge < -0.3 is 19.3 Å². The van der Waals surface area contributed by atoms with Crippen LogP contribution in [-0.2, 0) is 4.79 Å². The van der Waals surface area contributed by atoms with E-state index in [1.165, 1.54) is 19.1 Å². The van der Waals surface area contributed by atoms with Gasteiger partial charge in [0.05, 0.1) is 0 Å². The molecule has 0 saturated carbocycles. The number of ether oxygens (including phenoxy) is 3. The minimum Gasteiger partial charge on any atom is -0.488 e. The number of rotatable bonds is 4. The van der Waals surface area contributed by atoms with Gasteiger partial charge in [-0.3, -0.25) is 0 Å². The number of hydrogen-bond acceptors (Lipinski definition) is 5. The molecule has 0 unspecified atom stereocenters. The van der Waals surface area contributed by atoms with Crippen LogP contribution >= 0.6 is 0 Å². The molecule has 0 radical (unpaired) electrons. The third-order valence-corrected chi connectivity index (χ3v) is 2.09. The van der Waals surface area contributed by atoms with E-state index < -0.39 is 17.7 Å². The molecule has 0 aromatic heterocycles. The average molecular weight is 294 g/mol. The van der Waals surface area contributed by atoms with Gasteiger partial charge >= 0.3 is 12.1 Å². The molecule has 1 N–H and O–H groups in total. The molecule has 21 heavy (non-hydrogen) atoms. The first-order chi connectivity index (χ1) is 9.58. The monoisotopic (exact) mass is 294 g/mol. The minimum absolute atomic E-state index is 0.0216. The van der Waals surface area contributed by atoms with Crippen LogP contribution in [0.5, 0.6) is 17.2 Å². The van der Waals surface area contributed by atoms with Gasteiger partial charge in [0, 0.05) is 11.6 Å². The van der Waals surface area contributed by atoms with E-state index in [2.05, 4.69) is 11.3 Å². The van der Waals surface area contributed by atoms with Crippen molar-refractivity contribution >= 4 is 12.1 Å². The van der Waals surface area contributed by atoms with Crippen molar-refractivity contribution < 1.29 is 28.9 Å². The molecule has 0 amide bonds. The van der Waals surface area contributed by atoms with E-state index in [0.717, 1.165) is 0 Å². The SMILES string of the molecule is C=C(C)C(=O)Oc1ccc(OC(C)(C)C)cc1OC(=O)O. The van der Waals surface area contributed by atoms with Crippen molar-refractivity contribution in [3.8, 4) is 17.2 Å². The van der Waals surface area contributed by atoms with Gasteiger partial charge in [-0.2, -0.15) is 0 Å². The van der Waals surface area contributed by atoms with Crippen molar-refractivity contribution in [3.05, 3.63) is 30.4 Å². The van der Waals surface area contributed by atoms with Crippen molar-refractivity contribution in [3.63, 3.8) is 0 Å². The van der Waals surface area contributed by atoms with E-state index >= 15 is 0 Å². The van der Waals surface area contributed by atoms with Crippen LogP contribution in [0.4, 0.5) is 4.79 Å². The van der Waals surface area contributed by atoms with Crippen molar-refractivity contribution in [2.45, 2.75) is 33.3 Å². The van der Waals surface area contributed by atoms with Crippen molar-refractivity contribution in [2.75, 3.05) is 0 Å². The number of hydrogen-bond donors (Lipinski definition) is 1. The lowest BCUT2D eigenvalue weighted by molar-refractivity contribution is -0.130. The van der Waals surface area contributed by atoms with Gasteiger partial charge in [0.2, 0.25) is 0 Å². The van der Waals surface area contributed by atoms with Gasteiger partial charge in [-0.15, -0.1) is 0 Å². The standard InChI is InChI=1S/C15H18O6/c1-9(2)13(16)19-11-7-6-10(21-15(3,4)5)8-12(11)20-14(17)18/h6-8H,1H2,2-5H3,(H,17,18). The van der Waals surface area contributed by atoms with Gasteiger partial charge in [-0.05, 0) is 39.8 Å². The highest BCUT2D eigenvalue weighted by atomic mass is 16.7. The Kier molecular flexibility index (Phi) is 4.97. The van der Waals surface area contributed by atoms with E-state index in [1.807, 2.05) is 20.8 Å². The van der Waals surface area contributed by atoms with Gasteiger partial charge in [-0.25, -0.2) is 9.59 Å². The van der Waals surface area contributed by atoms with E-state index in [-0.39, 0.29) is 17.1 Å². The van der Waals surface area contributed by atoms with Crippen LogP contribution in [-0.4, -0.2) is 22.8 Å². The molecule has 0 saturated heterocycles. The second-order valence-electron chi connectivity index (χ2n) is 5.36. The Morgan fingerprint density at radius 1 is 1.14 bits per heavy atom. The Bertz CT molecular complexity index is 568. The first-order valence-corrected chi connectivity index (χ1v) is 6.20. The summed E-state index contributed by atoms with van der Waals surface area (Å²) in [6.07, 6.45) is -1.52. The molecule has 0 aliphatic rings. The maximum absolute atomic E-state index is 11.5. The highest BCUT2D eigenvalue weighted by Gasteiger charge is 2.17. The molecule has 6 heteroatoms. The Morgan fingerprint density at radius 3 is 2.24 bits per heavy atom. The van der Waals surface area contributed by atoms with Crippen molar-refractivity contribution in [2.24, 2.45) is 0 Å². The molecule has 0 fully saturated rings. The molecule has 0 spiro atoms. The first kappa shape index (κ1) is 16.6. The van der Waals surface area contributed by atoms with Crippen LogP contribution in [0.2, 0.25) is 0 Å². The molecular weight excluding hydrogens is 276 g/mol. The van der Waals surface area contributed by atoms with Gasteiger partial charge in [-0.1, -0.05) is 6.58 Å². The topological polar surface area (TPSA) is 82.1 Å².